The van der Waals surface area contributed by atoms with Gasteiger partial charge in [0.05, 0.1) is 5.69 Å². The second-order valence-corrected chi connectivity index (χ2v) is 10.9. The van der Waals surface area contributed by atoms with Crippen LogP contribution in [0, 0.1) is 18.3 Å². The van der Waals surface area contributed by atoms with E-state index in [1.165, 1.54) is 17.3 Å². The molecule has 29 heavy (non-hydrogen) atoms. The second-order valence-electron chi connectivity index (χ2n) is 9.04. The first-order valence-corrected chi connectivity index (χ1v) is 11.6. The van der Waals surface area contributed by atoms with Gasteiger partial charge in [-0.05, 0) is 44.7 Å². The average molecular weight is 430 g/mol. The van der Waals surface area contributed by atoms with Crippen LogP contribution in [0.5, 0.6) is 0 Å². The standard InChI is InChI=1S/C20H29F2N3O3S/c1-14-17(4-5-18(23-14)19(3,21)22)29(26,27)25-12-20(13-25)10-24(11-20)15(2)16-6-8-28-9-7-16/h4-5,15-16H,6-13H2,1-3H3/t15-/m0/s1. The van der Waals surface area contributed by atoms with Crippen molar-refractivity contribution >= 4 is 10.0 Å². The van der Waals surface area contributed by atoms with Gasteiger partial charge in [-0.1, -0.05) is 0 Å². The Bertz CT molecular complexity index is 867. The van der Waals surface area contributed by atoms with Crippen molar-refractivity contribution in [3.8, 4) is 0 Å². The summed E-state index contributed by atoms with van der Waals surface area (Å²) in [6.45, 7) is 8.94. The predicted molar refractivity (Wildman–Crippen MR) is 104 cm³/mol. The van der Waals surface area contributed by atoms with Gasteiger partial charge in [-0.2, -0.15) is 13.1 Å². The SMILES string of the molecule is Cc1nc(C(C)(F)F)ccc1S(=O)(=O)N1CC2(CN([C@@H](C)C3CCOCC3)C2)C1. The van der Waals surface area contributed by atoms with Gasteiger partial charge in [-0.25, -0.2) is 8.42 Å². The second kappa shape index (κ2) is 7.21. The molecule has 3 aliphatic rings. The number of likely N-dealkylation sites (tertiary alicyclic amines) is 1. The molecule has 1 aromatic rings. The van der Waals surface area contributed by atoms with E-state index < -0.39 is 21.6 Å². The Morgan fingerprint density at radius 3 is 2.38 bits per heavy atom. The van der Waals surface area contributed by atoms with E-state index >= 15 is 0 Å². The number of nitrogens with zero attached hydrogens (tertiary/aromatic N) is 3. The number of aromatic nitrogens is 1. The molecule has 0 aromatic carbocycles. The van der Waals surface area contributed by atoms with Crippen LogP contribution in [0.15, 0.2) is 17.0 Å². The molecule has 0 amide bonds. The van der Waals surface area contributed by atoms with Crippen LogP contribution < -0.4 is 0 Å². The first-order valence-electron chi connectivity index (χ1n) is 10.2. The highest BCUT2D eigenvalue weighted by molar-refractivity contribution is 7.89. The summed E-state index contributed by atoms with van der Waals surface area (Å²) in [7, 11) is -3.71. The van der Waals surface area contributed by atoms with Crippen LogP contribution in [-0.4, -0.2) is 68.0 Å². The minimum absolute atomic E-state index is 0.0205. The lowest BCUT2D eigenvalue weighted by Crippen LogP contribution is -2.74. The third kappa shape index (κ3) is 3.82. The van der Waals surface area contributed by atoms with Crippen LogP contribution in [0.1, 0.15) is 38.1 Å². The molecule has 1 aromatic heterocycles. The third-order valence-electron chi connectivity index (χ3n) is 6.73. The summed E-state index contributed by atoms with van der Waals surface area (Å²) in [6.07, 6.45) is 2.18. The lowest BCUT2D eigenvalue weighted by atomic mass is 9.72. The minimum Gasteiger partial charge on any atom is -0.381 e. The Morgan fingerprint density at radius 1 is 1.21 bits per heavy atom. The molecule has 0 saturated carbocycles. The summed E-state index contributed by atoms with van der Waals surface area (Å²) in [5.41, 5.74) is -0.261. The first-order chi connectivity index (χ1) is 13.5. The number of halogens is 2. The van der Waals surface area contributed by atoms with Gasteiger partial charge in [0.25, 0.3) is 5.92 Å². The maximum Gasteiger partial charge on any atom is 0.286 e. The van der Waals surface area contributed by atoms with E-state index in [4.69, 9.17) is 4.74 Å². The van der Waals surface area contributed by atoms with Crippen molar-refractivity contribution in [2.24, 2.45) is 11.3 Å². The summed E-state index contributed by atoms with van der Waals surface area (Å²) < 4.78 is 59.7. The number of alkyl halides is 2. The summed E-state index contributed by atoms with van der Waals surface area (Å²) >= 11 is 0. The van der Waals surface area contributed by atoms with E-state index in [-0.39, 0.29) is 16.0 Å². The first kappa shape index (κ1) is 21.1. The van der Waals surface area contributed by atoms with E-state index in [1.807, 2.05) is 0 Å². The Balaban J connectivity index is 1.37. The molecular weight excluding hydrogens is 400 g/mol. The fraction of sp³-hybridized carbons (Fsp3) is 0.750. The van der Waals surface area contributed by atoms with Crippen molar-refractivity contribution < 1.29 is 21.9 Å². The fourth-order valence-electron chi connectivity index (χ4n) is 4.88. The van der Waals surface area contributed by atoms with Gasteiger partial charge in [0.15, 0.2) is 0 Å². The number of hydrogen-bond donors (Lipinski definition) is 0. The van der Waals surface area contributed by atoms with Crippen LogP contribution >= 0.6 is 0 Å². The number of ether oxygens (including phenoxy) is 1. The lowest BCUT2D eigenvalue weighted by molar-refractivity contribution is -0.113. The van der Waals surface area contributed by atoms with E-state index in [0.717, 1.165) is 52.1 Å². The number of hydrogen-bond acceptors (Lipinski definition) is 5. The van der Waals surface area contributed by atoms with Crippen molar-refractivity contribution in [3.05, 3.63) is 23.5 Å². The van der Waals surface area contributed by atoms with Crippen LogP contribution in [-0.2, 0) is 20.7 Å². The van der Waals surface area contributed by atoms with Crippen LogP contribution in [0.2, 0.25) is 0 Å². The molecule has 0 unspecified atom stereocenters. The number of pyridine rings is 1. The van der Waals surface area contributed by atoms with Gasteiger partial charge in [0, 0.05) is 57.8 Å². The Hall–Kier alpha value is -1.16. The van der Waals surface area contributed by atoms with E-state index in [2.05, 4.69) is 16.8 Å². The summed E-state index contributed by atoms with van der Waals surface area (Å²) in [5.74, 6) is -2.45. The molecule has 1 atom stereocenters. The Morgan fingerprint density at radius 2 is 1.83 bits per heavy atom. The molecule has 1 spiro atoms. The molecule has 4 rings (SSSR count). The van der Waals surface area contributed by atoms with Gasteiger partial charge >= 0.3 is 0 Å². The molecule has 0 radical (unpaired) electrons. The van der Waals surface area contributed by atoms with Crippen molar-refractivity contribution in [1.82, 2.24) is 14.2 Å². The highest BCUT2D eigenvalue weighted by Crippen LogP contribution is 2.44. The molecular formula is C20H29F2N3O3S. The molecule has 9 heteroatoms. The molecule has 162 valence electrons. The summed E-state index contributed by atoms with van der Waals surface area (Å²) in [6, 6.07) is 2.86. The van der Waals surface area contributed by atoms with Crippen molar-refractivity contribution in [1.29, 1.82) is 0 Å². The van der Waals surface area contributed by atoms with Crippen LogP contribution in [0.25, 0.3) is 0 Å². The largest absolute Gasteiger partial charge is 0.381 e. The van der Waals surface area contributed by atoms with E-state index in [0.29, 0.717) is 25.0 Å². The predicted octanol–water partition coefficient (Wildman–Crippen LogP) is 2.62. The molecule has 3 saturated heterocycles. The van der Waals surface area contributed by atoms with Gasteiger partial charge in [-0.15, -0.1) is 0 Å². The Labute approximate surface area is 171 Å². The number of sulfonamides is 1. The summed E-state index contributed by atoms with van der Waals surface area (Å²) in [4.78, 5) is 6.30. The Kier molecular flexibility index (Phi) is 5.25. The topological polar surface area (TPSA) is 62.7 Å². The van der Waals surface area contributed by atoms with Gasteiger partial charge in [0.1, 0.15) is 10.6 Å². The van der Waals surface area contributed by atoms with E-state index in [9.17, 15) is 17.2 Å². The third-order valence-corrected chi connectivity index (χ3v) is 8.65. The number of aryl methyl sites for hydroxylation is 1. The highest BCUT2D eigenvalue weighted by Gasteiger charge is 2.56. The molecule has 3 aliphatic heterocycles. The van der Waals surface area contributed by atoms with Crippen molar-refractivity contribution in [2.75, 3.05) is 39.4 Å². The van der Waals surface area contributed by atoms with Gasteiger partial charge < -0.3 is 4.74 Å². The molecule has 4 heterocycles. The maximum atomic E-state index is 13.5. The van der Waals surface area contributed by atoms with Crippen molar-refractivity contribution in [3.63, 3.8) is 0 Å². The van der Waals surface area contributed by atoms with Crippen LogP contribution in [0.3, 0.4) is 0 Å². The highest BCUT2D eigenvalue weighted by atomic mass is 32.2. The quantitative estimate of drug-likeness (QED) is 0.720. The molecule has 0 N–H and O–H groups in total. The molecule has 0 bridgehead atoms. The van der Waals surface area contributed by atoms with E-state index in [1.54, 1.807) is 0 Å². The lowest BCUT2D eigenvalue weighted by Gasteiger charge is -2.61. The maximum absolute atomic E-state index is 13.5. The summed E-state index contributed by atoms with van der Waals surface area (Å²) in [5, 5.41) is 0. The monoisotopic (exact) mass is 429 g/mol. The number of rotatable bonds is 5. The van der Waals surface area contributed by atoms with Gasteiger partial charge in [0.2, 0.25) is 10.0 Å². The van der Waals surface area contributed by atoms with Crippen LogP contribution in [0.4, 0.5) is 8.78 Å². The smallest absolute Gasteiger partial charge is 0.286 e. The normalized spacial score (nSPS) is 24.9. The minimum atomic E-state index is -3.71. The molecule has 0 aliphatic carbocycles. The fourth-order valence-corrected chi connectivity index (χ4v) is 6.70. The molecule has 6 nitrogen and oxygen atoms in total. The van der Waals surface area contributed by atoms with Gasteiger partial charge in [-0.3, -0.25) is 9.88 Å². The zero-order valence-electron chi connectivity index (χ0n) is 17.2. The average Bonchev–Trinajstić information content (AvgIpc) is 2.58. The van der Waals surface area contributed by atoms with Crippen molar-refractivity contribution in [2.45, 2.75) is 50.5 Å². The zero-order chi connectivity index (χ0) is 21.0. The zero-order valence-corrected chi connectivity index (χ0v) is 18.0. The molecule has 3 fully saturated rings.